The highest BCUT2D eigenvalue weighted by molar-refractivity contribution is 7.99. The van der Waals surface area contributed by atoms with Crippen molar-refractivity contribution in [2.45, 2.75) is 45.7 Å². The van der Waals surface area contributed by atoms with Crippen molar-refractivity contribution in [3.8, 4) is 0 Å². The van der Waals surface area contributed by atoms with Crippen molar-refractivity contribution in [1.82, 2.24) is 9.97 Å². The number of furan rings is 1. The van der Waals surface area contributed by atoms with Crippen LogP contribution in [0.3, 0.4) is 0 Å². The molecule has 2 aromatic carbocycles. The van der Waals surface area contributed by atoms with E-state index in [1.165, 1.54) is 11.8 Å². The molecule has 0 aliphatic rings. The van der Waals surface area contributed by atoms with Crippen LogP contribution in [0.4, 0.5) is 11.5 Å². The van der Waals surface area contributed by atoms with Gasteiger partial charge in [0.15, 0.2) is 5.16 Å². The molecule has 0 radical (unpaired) electrons. The van der Waals surface area contributed by atoms with E-state index in [1.807, 2.05) is 38.1 Å². The summed E-state index contributed by atoms with van der Waals surface area (Å²) in [6, 6.07) is 15.0. The summed E-state index contributed by atoms with van der Waals surface area (Å²) >= 11 is 1.20. The molecule has 7 nitrogen and oxygen atoms in total. The van der Waals surface area contributed by atoms with E-state index < -0.39 is 0 Å². The van der Waals surface area contributed by atoms with Crippen LogP contribution in [-0.4, -0.2) is 27.5 Å². The molecule has 4 rings (SSSR count). The first-order valence-electron chi connectivity index (χ1n) is 11.6. The highest BCUT2D eigenvalue weighted by Crippen LogP contribution is 2.31. The summed E-state index contributed by atoms with van der Waals surface area (Å²) in [5, 5.41) is 6.96. The van der Waals surface area contributed by atoms with Crippen molar-refractivity contribution >= 4 is 46.2 Å². The molecule has 2 aromatic heterocycles. The Kier molecular flexibility index (Phi) is 7.51. The lowest BCUT2D eigenvalue weighted by Crippen LogP contribution is -2.17. The second kappa shape index (κ2) is 10.7. The molecule has 35 heavy (non-hydrogen) atoms. The lowest BCUT2D eigenvalue weighted by molar-refractivity contribution is -0.113. The van der Waals surface area contributed by atoms with Gasteiger partial charge in [-0.2, -0.15) is 4.98 Å². The zero-order chi connectivity index (χ0) is 24.9. The van der Waals surface area contributed by atoms with Gasteiger partial charge in [0.05, 0.1) is 11.1 Å². The van der Waals surface area contributed by atoms with Crippen LogP contribution in [0.15, 0.2) is 58.1 Å². The number of thioether (sulfide) groups is 1. The van der Waals surface area contributed by atoms with Gasteiger partial charge in [-0.25, -0.2) is 4.98 Å². The molecule has 0 aliphatic carbocycles. The van der Waals surface area contributed by atoms with Crippen molar-refractivity contribution in [3.05, 3.63) is 76.5 Å². The Bertz CT molecular complexity index is 1360. The number of anilines is 2. The minimum absolute atomic E-state index is 0.122. The Morgan fingerprint density at radius 3 is 2.26 bits per heavy atom. The van der Waals surface area contributed by atoms with E-state index in [-0.39, 0.29) is 17.6 Å². The molecule has 0 atom stereocenters. The lowest BCUT2D eigenvalue weighted by Gasteiger charge is -2.14. The van der Waals surface area contributed by atoms with Gasteiger partial charge in [-0.1, -0.05) is 62.0 Å². The first-order chi connectivity index (χ1) is 16.9. The van der Waals surface area contributed by atoms with Crippen molar-refractivity contribution in [3.63, 3.8) is 0 Å². The van der Waals surface area contributed by atoms with Gasteiger partial charge in [0.1, 0.15) is 11.6 Å². The fraction of sp³-hybridized carbons (Fsp3) is 0.259. The van der Waals surface area contributed by atoms with Crippen LogP contribution in [0.25, 0.3) is 11.1 Å². The zero-order valence-corrected chi connectivity index (χ0v) is 21.1. The van der Waals surface area contributed by atoms with Gasteiger partial charge in [-0.3, -0.25) is 9.59 Å². The maximum Gasteiger partial charge on any atom is 0.256 e. The minimum Gasteiger partial charge on any atom is -0.443 e. The monoisotopic (exact) mass is 488 g/mol. The average Bonchev–Trinajstić information content (AvgIpc) is 3.16. The number of hydrogen-bond donors (Lipinski definition) is 2. The smallest absolute Gasteiger partial charge is 0.256 e. The first kappa shape index (κ1) is 24.5. The normalized spacial score (nSPS) is 11.0. The van der Waals surface area contributed by atoms with Crippen LogP contribution in [-0.2, 0) is 17.6 Å². The SMILES string of the molecule is CCc1cccc(CC)c1NC(=O)CSc1nc(NC(=O)c2ccccc2)c2c(C)c(C)oc2n1. The number of fused-ring (bicyclic) bond motifs is 1. The fourth-order valence-corrected chi connectivity index (χ4v) is 4.50. The third kappa shape index (κ3) is 5.38. The molecule has 4 aromatic rings. The van der Waals surface area contributed by atoms with E-state index >= 15 is 0 Å². The van der Waals surface area contributed by atoms with E-state index in [9.17, 15) is 9.59 Å². The number of para-hydroxylation sites is 1. The third-order valence-corrected chi connectivity index (χ3v) is 6.72. The van der Waals surface area contributed by atoms with E-state index in [4.69, 9.17) is 4.42 Å². The second-order valence-electron chi connectivity index (χ2n) is 8.13. The van der Waals surface area contributed by atoms with Crippen LogP contribution >= 0.6 is 11.8 Å². The van der Waals surface area contributed by atoms with Gasteiger partial charge >= 0.3 is 0 Å². The standard InChI is InChI=1S/C27H28N4O3S/c1-5-18-13-10-14-19(6-2)23(18)28-21(32)15-35-27-30-24(22-16(3)17(4)34-26(22)31-27)29-25(33)20-11-8-7-9-12-20/h7-14H,5-6,15H2,1-4H3,(H,28,32)(H,29,30,31,33). The summed E-state index contributed by atoms with van der Waals surface area (Å²) in [4.78, 5) is 34.7. The van der Waals surface area contributed by atoms with E-state index in [0.29, 0.717) is 33.4 Å². The number of aryl methyl sites for hydroxylation is 4. The zero-order valence-electron chi connectivity index (χ0n) is 20.3. The number of rotatable bonds is 8. The molecular formula is C27H28N4O3S. The molecule has 2 heterocycles. The number of nitrogens with zero attached hydrogens (tertiary/aromatic N) is 2. The maximum absolute atomic E-state index is 12.8. The number of benzene rings is 2. The average molecular weight is 489 g/mol. The molecule has 180 valence electrons. The van der Waals surface area contributed by atoms with E-state index in [2.05, 4.69) is 34.4 Å². The van der Waals surface area contributed by atoms with Crippen LogP contribution in [0.5, 0.6) is 0 Å². The van der Waals surface area contributed by atoms with Crippen molar-refractivity contribution < 1.29 is 14.0 Å². The number of aromatic nitrogens is 2. The Morgan fingerprint density at radius 1 is 0.914 bits per heavy atom. The molecule has 0 saturated carbocycles. The summed E-state index contributed by atoms with van der Waals surface area (Å²) in [5.41, 5.74) is 4.85. The fourth-order valence-electron chi connectivity index (χ4n) is 3.86. The molecule has 8 heteroatoms. The summed E-state index contributed by atoms with van der Waals surface area (Å²) < 4.78 is 5.81. The molecule has 0 unspecified atom stereocenters. The van der Waals surface area contributed by atoms with E-state index in [0.717, 1.165) is 35.2 Å². The minimum atomic E-state index is -0.277. The van der Waals surface area contributed by atoms with Crippen molar-refractivity contribution in [2.24, 2.45) is 0 Å². The molecule has 0 bridgehead atoms. The predicted octanol–water partition coefficient (Wildman–Crippen LogP) is 5.95. The molecule has 2 N–H and O–H groups in total. The molecule has 0 fully saturated rings. The van der Waals surface area contributed by atoms with Crippen molar-refractivity contribution in [1.29, 1.82) is 0 Å². The summed E-state index contributed by atoms with van der Waals surface area (Å²) in [6.07, 6.45) is 1.66. The number of hydrogen-bond acceptors (Lipinski definition) is 6. The quantitative estimate of drug-likeness (QED) is 0.235. The lowest BCUT2D eigenvalue weighted by atomic mass is 10.0. The number of carbonyl (C=O) groups is 2. The van der Waals surface area contributed by atoms with Gasteiger partial charge < -0.3 is 15.1 Å². The van der Waals surface area contributed by atoms with Gasteiger partial charge in [0, 0.05) is 16.8 Å². The number of carbonyl (C=O) groups excluding carboxylic acids is 2. The molecule has 0 saturated heterocycles. The Hall–Kier alpha value is -3.65. The molecule has 0 aliphatic heterocycles. The van der Waals surface area contributed by atoms with Gasteiger partial charge in [0.25, 0.3) is 5.91 Å². The molecule has 0 spiro atoms. The number of nitrogens with one attached hydrogen (secondary N) is 2. The topological polar surface area (TPSA) is 97.1 Å². The summed E-state index contributed by atoms with van der Waals surface area (Å²) in [5.74, 6) is 0.771. The van der Waals surface area contributed by atoms with Crippen LogP contribution in [0.1, 0.15) is 46.7 Å². The Labute approximate surface area is 208 Å². The van der Waals surface area contributed by atoms with Gasteiger partial charge in [-0.05, 0) is 49.9 Å². The van der Waals surface area contributed by atoms with Crippen LogP contribution in [0, 0.1) is 13.8 Å². The highest BCUT2D eigenvalue weighted by atomic mass is 32.2. The maximum atomic E-state index is 12.8. The Morgan fingerprint density at radius 2 is 1.60 bits per heavy atom. The molecular weight excluding hydrogens is 460 g/mol. The van der Waals surface area contributed by atoms with Gasteiger partial charge in [0.2, 0.25) is 11.6 Å². The van der Waals surface area contributed by atoms with Crippen LogP contribution < -0.4 is 10.6 Å². The van der Waals surface area contributed by atoms with Crippen LogP contribution in [0.2, 0.25) is 0 Å². The Balaban J connectivity index is 1.56. The second-order valence-corrected chi connectivity index (χ2v) is 9.08. The summed E-state index contributed by atoms with van der Waals surface area (Å²) in [6.45, 7) is 7.89. The number of amides is 2. The van der Waals surface area contributed by atoms with E-state index in [1.54, 1.807) is 24.3 Å². The van der Waals surface area contributed by atoms with Gasteiger partial charge in [-0.15, -0.1) is 0 Å². The molecule has 2 amide bonds. The predicted molar refractivity (Wildman–Crippen MR) is 140 cm³/mol. The largest absolute Gasteiger partial charge is 0.443 e. The van der Waals surface area contributed by atoms with Crippen molar-refractivity contribution in [2.75, 3.05) is 16.4 Å². The first-order valence-corrected chi connectivity index (χ1v) is 12.6. The summed E-state index contributed by atoms with van der Waals surface area (Å²) in [7, 11) is 0. The highest BCUT2D eigenvalue weighted by Gasteiger charge is 2.19. The third-order valence-electron chi connectivity index (χ3n) is 5.87.